The number of carbonyl (C=O) groups excluding carboxylic acids is 1. The lowest BCUT2D eigenvalue weighted by atomic mass is 10.1. The van der Waals surface area contributed by atoms with Gasteiger partial charge in [0.15, 0.2) is 0 Å². The molecule has 104 valence electrons. The number of hydrogen-bond acceptors (Lipinski definition) is 4. The molecule has 1 unspecified atom stereocenters. The Kier molecular flexibility index (Phi) is 4.36. The molecule has 0 fully saturated rings. The summed E-state index contributed by atoms with van der Waals surface area (Å²) < 4.78 is 0.522. The number of rotatable bonds is 4. The highest BCUT2D eigenvalue weighted by Crippen LogP contribution is 2.26. The molecule has 0 aliphatic heterocycles. The Labute approximate surface area is 124 Å². The third kappa shape index (κ3) is 3.15. The number of nitro benzene ring substituents is 1. The molecule has 0 aliphatic rings. The van der Waals surface area contributed by atoms with Gasteiger partial charge in [-0.15, -0.1) is 11.3 Å². The van der Waals surface area contributed by atoms with Gasteiger partial charge in [0.2, 0.25) is 0 Å². The molecular weight excluding hydrogens is 300 g/mol. The van der Waals surface area contributed by atoms with Crippen molar-refractivity contribution in [1.29, 1.82) is 0 Å². The van der Waals surface area contributed by atoms with Crippen LogP contribution in [-0.4, -0.2) is 10.8 Å². The van der Waals surface area contributed by atoms with Gasteiger partial charge >= 0.3 is 0 Å². The molecule has 1 amide bonds. The minimum absolute atomic E-state index is 0.00971. The first-order valence-electron chi connectivity index (χ1n) is 5.78. The second kappa shape index (κ2) is 6.02. The number of thiophene rings is 1. The summed E-state index contributed by atoms with van der Waals surface area (Å²) in [5, 5.41) is 13.7. The van der Waals surface area contributed by atoms with E-state index in [0.717, 1.165) is 11.3 Å². The van der Waals surface area contributed by atoms with Crippen LogP contribution in [0.5, 0.6) is 0 Å². The van der Waals surface area contributed by atoms with E-state index in [1.54, 1.807) is 37.3 Å². The topological polar surface area (TPSA) is 72.2 Å². The van der Waals surface area contributed by atoms with E-state index in [1.165, 1.54) is 6.07 Å². The van der Waals surface area contributed by atoms with Crippen LogP contribution in [-0.2, 0) is 0 Å². The summed E-state index contributed by atoms with van der Waals surface area (Å²) in [4.78, 5) is 23.0. The summed E-state index contributed by atoms with van der Waals surface area (Å²) in [6.07, 6.45) is 0. The number of nitro groups is 1. The average molecular weight is 311 g/mol. The van der Waals surface area contributed by atoms with Crippen LogP contribution in [0.15, 0.2) is 36.4 Å². The molecule has 1 aromatic heterocycles. The van der Waals surface area contributed by atoms with Gasteiger partial charge < -0.3 is 5.32 Å². The van der Waals surface area contributed by atoms with E-state index >= 15 is 0 Å². The summed E-state index contributed by atoms with van der Waals surface area (Å²) in [5.41, 5.74) is 0.456. The van der Waals surface area contributed by atoms with E-state index in [-0.39, 0.29) is 11.6 Å². The van der Waals surface area contributed by atoms with E-state index in [9.17, 15) is 14.9 Å². The van der Waals surface area contributed by atoms with E-state index in [1.807, 2.05) is 0 Å². The number of hydrogen-bond donors (Lipinski definition) is 1. The van der Waals surface area contributed by atoms with Crippen LogP contribution in [0.1, 0.15) is 28.2 Å². The van der Waals surface area contributed by atoms with Crippen molar-refractivity contribution in [2.45, 2.75) is 13.0 Å². The van der Waals surface area contributed by atoms with Gasteiger partial charge in [0.1, 0.15) is 0 Å². The van der Waals surface area contributed by atoms with E-state index in [4.69, 9.17) is 11.6 Å². The van der Waals surface area contributed by atoms with Crippen LogP contribution < -0.4 is 5.32 Å². The van der Waals surface area contributed by atoms with Gasteiger partial charge in [-0.2, -0.15) is 0 Å². The number of benzene rings is 1. The maximum atomic E-state index is 12.0. The fourth-order valence-electron chi connectivity index (χ4n) is 1.80. The largest absolute Gasteiger partial charge is 0.345 e. The van der Waals surface area contributed by atoms with Crippen LogP contribution in [0.2, 0.25) is 4.34 Å². The van der Waals surface area contributed by atoms with Gasteiger partial charge in [-0.25, -0.2) is 0 Å². The Morgan fingerprint density at radius 2 is 2.05 bits per heavy atom. The second-order valence-electron chi connectivity index (χ2n) is 4.11. The van der Waals surface area contributed by atoms with Gasteiger partial charge in [0.25, 0.3) is 11.6 Å². The quantitative estimate of drug-likeness (QED) is 0.689. The van der Waals surface area contributed by atoms with Crippen molar-refractivity contribution in [3.63, 3.8) is 0 Å². The smallest absolute Gasteiger partial charge is 0.274 e. The fraction of sp³-hybridized carbons (Fsp3) is 0.154. The molecule has 0 saturated carbocycles. The third-order valence-corrected chi connectivity index (χ3v) is 3.97. The molecule has 2 rings (SSSR count). The van der Waals surface area contributed by atoms with Crippen LogP contribution in [0.3, 0.4) is 0 Å². The number of halogens is 1. The zero-order chi connectivity index (χ0) is 14.7. The summed E-state index contributed by atoms with van der Waals surface area (Å²) >= 11 is 6.94. The molecule has 0 spiro atoms. The Morgan fingerprint density at radius 3 is 2.65 bits per heavy atom. The molecule has 2 aromatic rings. The number of nitrogens with one attached hydrogen (secondary N) is 1. The van der Waals surface area contributed by atoms with Gasteiger partial charge in [-0.05, 0) is 19.1 Å². The SMILES string of the molecule is CC(NC(=O)c1ccc(Cl)s1)c1ccccc1[N+](=O)[O-]. The van der Waals surface area contributed by atoms with Crippen molar-refractivity contribution in [2.75, 3.05) is 0 Å². The molecule has 1 atom stereocenters. The molecule has 1 N–H and O–H groups in total. The lowest BCUT2D eigenvalue weighted by molar-refractivity contribution is -0.385. The van der Waals surface area contributed by atoms with Crippen LogP contribution in [0.4, 0.5) is 5.69 Å². The van der Waals surface area contributed by atoms with Crippen molar-refractivity contribution >= 4 is 34.5 Å². The molecule has 0 saturated heterocycles. The van der Waals surface area contributed by atoms with Crippen molar-refractivity contribution in [3.8, 4) is 0 Å². The van der Waals surface area contributed by atoms with Crippen molar-refractivity contribution < 1.29 is 9.72 Å². The molecule has 20 heavy (non-hydrogen) atoms. The average Bonchev–Trinajstić information content (AvgIpc) is 2.85. The molecule has 1 heterocycles. The third-order valence-electron chi connectivity index (χ3n) is 2.74. The predicted molar refractivity (Wildman–Crippen MR) is 78.3 cm³/mol. The lowest BCUT2D eigenvalue weighted by Crippen LogP contribution is -2.26. The first-order valence-corrected chi connectivity index (χ1v) is 6.98. The van der Waals surface area contributed by atoms with E-state index < -0.39 is 11.0 Å². The number of nitrogens with zero attached hydrogens (tertiary/aromatic N) is 1. The highest BCUT2D eigenvalue weighted by Gasteiger charge is 2.20. The first kappa shape index (κ1) is 14.5. The van der Waals surface area contributed by atoms with Gasteiger partial charge in [-0.3, -0.25) is 14.9 Å². The predicted octanol–water partition coefficient (Wildman–Crippen LogP) is 3.80. The Hall–Kier alpha value is -1.92. The van der Waals surface area contributed by atoms with Crippen LogP contribution in [0, 0.1) is 10.1 Å². The molecule has 0 bridgehead atoms. The lowest BCUT2D eigenvalue weighted by Gasteiger charge is -2.13. The van der Waals surface area contributed by atoms with Gasteiger partial charge in [0.05, 0.1) is 25.7 Å². The summed E-state index contributed by atoms with van der Waals surface area (Å²) in [6, 6.07) is 9.13. The summed E-state index contributed by atoms with van der Waals surface area (Å²) in [5.74, 6) is -0.299. The fourth-order valence-corrected chi connectivity index (χ4v) is 2.75. The highest BCUT2D eigenvalue weighted by atomic mass is 35.5. The maximum absolute atomic E-state index is 12.0. The van der Waals surface area contributed by atoms with Crippen molar-refractivity contribution in [2.24, 2.45) is 0 Å². The molecule has 5 nitrogen and oxygen atoms in total. The van der Waals surface area contributed by atoms with Crippen LogP contribution in [0.25, 0.3) is 0 Å². The monoisotopic (exact) mass is 310 g/mol. The Morgan fingerprint density at radius 1 is 1.35 bits per heavy atom. The van der Waals surface area contributed by atoms with E-state index in [0.29, 0.717) is 14.8 Å². The summed E-state index contributed by atoms with van der Waals surface area (Å²) in [7, 11) is 0. The van der Waals surface area contributed by atoms with E-state index in [2.05, 4.69) is 5.32 Å². The number of carbonyl (C=O) groups is 1. The van der Waals surface area contributed by atoms with Crippen LogP contribution >= 0.6 is 22.9 Å². The maximum Gasteiger partial charge on any atom is 0.274 e. The first-order chi connectivity index (χ1) is 9.49. The normalized spacial score (nSPS) is 11.9. The number of para-hydroxylation sites is 1. The van der Waals surface area contributed by atoms with Gasteiger partial charge in [-0.1, -0.05) is 29.8 Å². The molecule has 1 aromatic carbocycles. The van der Waals surface area contributed by atoms with Crippen molar-refractivity contribution in [3.05, 3.63) is 61.3 Å². The zero-order valence-electron chi connectivity index (χ0n) is 10.5. The minimum Gasteiger partial charge on any atom is -0.345 e. The molecular formula is C13H11ClN2O3S. The molecule has 0 radical (unpaired) electrons. The molecule has 0 aliphatic carbocycles. The van der Waals surface area contributed by atoms with Gasteiger partial charge in [0, 0.05) is 6.07 Å². The molecule has 7 heteroatoms. The number of amides is 1. The highest BCUT2D eigenvalue weighted by molar-refractivity contribution is 7.17. The minimum atomic E-state index is -0.468. The summed E-state index contributed by atoms with van der Waals surface area (Å²) in [6.45, 7) is 1.70. The van der Waals surface area contributed by atoms with Crippen molar-refractivity contribution in [1.82, 2.24) is 5.32 Å². The Balaban J connectivity index is 2.18. The standard InChI is InChI=1S/C13H11ClN2O3S/c1-8(9-4-2-3-5-10(9)16(18)19)15-13(17)11-6-7-12(14)20-11/h2-8H,1H3,(H,15,17). The second-order valence-corrected chi connectivity index (χ2v) is 5.83. The Bertz CT molecular complexity index is 657. The zero-order valence-corrected chi connectivity index (χ0v) is 12.1.